The SMILES string of the molecule is COC(=O)Nc1ccc(OCC2CC(c3ccccc3)=NO2)cc1. The largest absolute Gasteiger partial charge is 0.490 e. The number of ether oxygens (including phenoxy) is 2. The number of hydrogen-bond donors (Lipinski definition) is 1. The van der Waals surface area contributed by atoms with Crippen LogP contribution in [0.4, 0.5) is 10.5 Å². The zero-order valence-electron chi connectivity index (χ0n) is 13.3. The molecule has 6 heteroatoms. The molecule has 0 aliphatic carbocycles. The van der Waals surface area contributed by atoms with Crippen molar-refractivity contribution in [1.82, 2.24) is 0 Å². The van der Waals surface area contributed by atoms with E-state index in [1.807, 2.05) is 30.3 Å². The number of anilines is 1. The van der Waals surface area contributed by atoms with Crippen molar-refractivity contribution in [3.63, 3.8) is 0 Å². The maximum absolute atomic E-state index is 11.1. The van der Waals surface area contributed by atoms with E-state index in [0.717, 1.165) is 11.3 Å². The lowest BCUT2D eigenvalue weighted by Crippen LogP contribution is -2.18. The van der Waals surface area contributed by atoms with Crippen LogP contribution in [-0.2, 0) is 9.57 Å². The van der Waals surface area contributed by atoms with E-state index >= 15 is 0 Å². The Labute approximate surface area is 140 Å². The van der Waals surface area contributed by atoms with Gasteiger partial charge in [-0.3, -0.25) is 5.32 Å². The van der Waals surface area contributed by atoms with Gasteiger partial charge in [-0.05, 0) is 29.8 Å². The molecule has 0 saturated carbocycles. The molecule has 1 unspecified atom stereocenters. The summed E-state index contributed by atoms with van der Waals surface area (Å²) >= 11 is 0. The van der Waals surface area contributed by atoms with Crippen LogP contribution in [0.3, 0.4) is 0 Å². The van der Waals surface area contributed by atoms with Crippen LogP contribution in [0.1, 0.15) is 12.0 Å². The Kier molecular flexibility index (Phi) is 4.96. The van der Waals surface area contributed by atoms with Gasteiger partial charge in [0.1, 0.15) is 12.4 Å². The third-order valence-corrected chi connectivity index (χ3v) is 3.56. The van der Waals surface area contributed by atoms with Gasteiger partial charge in [-0.15, -0.1) is 0 Å². The van der Waals surface area contributed by atoms with E-state index in [9.17, 15) is 4.79 Å². The highest BCUT2D eigenvalue weighted by Crippen LogP contribution is 2.20. The van der Waals surface area contributed by atoms with Crippen molar-refractivity contribution in [3.05, 3.63) is 60.2 Å². The second-order valence-corrected chi connectivity index (χ2v) is 5.29. The number of hydrogen-bond acceptors (Lipinski definition) is 5. The van der Waals surface area contributed by atoms with Gasteiger partial charge in [-0.25, -0.2) is 4.79 Å². The minimum absolute atomic E-state index is 0.104. The summed E-state index contributed by atoms with van der Waals surface area (Å²) in [6.07, 6.45) is 0.105. The van der Waals surface area contributed by atoms with E-state index in [2.05, 4.69) is 15.2 Å². The van der Waals surface area contributed by atoms with Gasteiger partial charge in [0.15, 0.2) is 6.10 Å². The molecule has 0 fully saturated rings. The second kappa shape index (κ2) is 7.50. The molecule has 0 bridgehead atoms. The van der Waals surface area contributed by atoms with E-state index in [-0.39, 0.29) is 6.10 Å². The van der Waals surface area contributed by atoms with Gasteiger partial charge in [0.05, 0.1) is 12.8 Å². The number of carbonyl (C=O) groups excluding carboxylic acids is 1. The van der Waals surface area contributed by atoms with E-state index in [1.54, 1.807) is 24.3 Å². The van der Waals surface area contributed by atoms with Crippen molar-refractivity contribution in [3.8, 4) is 5.75 Å². The fourth-order valence-corrected chi connectivity index (χ4v) is 2.31. The van der Waals surface area contributed by atoms with Crippen molar-refractivity contribution >= 4 is 17.5 Å². The fourth-order valence-electron chi connectivity index (χ4n) is 2.31. The first-order chi connectivity index (χ1) is 11.7. The predicted molar refractivity (Wildman–Crippen MR) is 90.4 cm³/mol. The first kappa shape index (κ1) is 15.9. The highest BCUT2D eigenvalue weighted by Gasteiger charge is 2.22. The summed E-state index contributed by atoms with van der Waals surface area (Å²) in [6.45, 7) is 0.406. The molecule has 2 aromatic rings. The number of rotatable bonds is 5. The maximum atomic E-state index is 11.1. The van der Waals surface area contributed by atoms with Gasteiger partial charge < -0.3 is 14.3 Å². The Bertz CT molecular complexity index is 714. The Balaban J connectivity index is 1.48. The van der Waals surface area contributed by atoms with Crippen LogP contribution >= 0.6 is 0 Å². The van der Waals surface area contributed by atoms with Crippen LogP contribution in [0, 0.1) is 0 Å². The molecule has 0 aromatic heterocycles. The van der Waals surface area contributed by atoms with Gasteiger partial charge in [0, 0.05) is 12.1 Å². The van der Waals surface area contributed by atoms with Gasteiger partial charge >= 0.3 is 6.09 Å². The molecule has 6 nitrogen and oxygen atoms in total. The van der Waals surface area contributed by atoms with Gasteiger partial charge in [0.25, 0.3) is 0 Å². The molecule has 0 spiro atoms. The average molecular weight is 326 g/mol. The number of oxime groups is 1. The summed E-state index contributed by atoms with van der Waals surface area (Å²) in [5, 5.41) is 6.71. The van der Waals surface area contributed by atoms with Gasteiger partial charge in [-0.2, -0.15) is 0 Å². The summed E-state index contributed by atoms with van der Waals surface area (Å²) < 4.78 is 10.3. The van der Waals surface area contributed by atoms with Crippen LogP contribution in [0.5, 0.6) is 5.75 Å². The van der Waals surface area contributed by atoms with Crippen molar-refractivity contribution < 1.29 is 19.1 Å². The van der Waals surface area contributed by atoms with E-state index in [4.69, 9.17) is 9.57 Å². The van der Waals surface area contributed by atoms with Crippen molar-refractivity contribution in [2.75, 3.05) is 19.0 Å². The molecule has 0 radical (unpaired) electrons. The molecule has 1 aliphatic rings. The monoisotopic (exact) mass is 326 g/mol. The molecule has 0 saturated heterocycles. The van der Waals surface area contributed by atoms with Gasteiger partial charge in [-0.1, -0.05) is 35.5 Å². The average Bonchev–Trinajstić information content (AvgIpc) is 3.11. The summed E-state index contributed by atoms with van der Waals surface area (Å²) in [5.74, 6) is 0.696. The van der Waals surface area contributed by atoms with Crippen LogP contribution in [0.15, 0.2) is 59.8 Å². The van der Waals surface area contributed by atoms with Crippen LogP contribution in [0.2, 0.25) is 0 Å². The summed E-state index contributed by atoms with van der Waals surface area (Å²) in [5.41, 5.74) is 2.64. The molecule has 24 heavy (non-hydrogen) atoms. The lowest BCUT2D eigenvalue weighted by molar-refractivity contribution is 0.0471. The molecule has 1 heterocycles. The van der Waals surface area contributed by atoms with E-state index in [0.29, 0.717) is 24.5 Å². The molecule has 1 amide bonds. The predicted octanol–water partition coefficient (Wildman–Crippen LogP) is 3.44. The molecule has 124 valence electrons. The number of nitrogens with one attached hydrogen (secondary N) is 1. The Hall–Kier alpha value is -3.02. The quantitative estimate of drug-likeness (QED) is 0.914. The third kappa shape index (κ3) is 4.04. The van der Waals surface area contributed by atoms with Crippen LogP contribution in [0.25, 0.3) is 0 Å². The fraction of sp³-hybridized carbons (Fsp3) is 0.222. The van der Waals surface area contributed by atoms with Crippen molar-refractivity contribution in [2.24, 2.45) is 5.16 Å². The Morgan fingerprint density at radius 3 is 2.67 bits per heavy atom. The molecule has 3 rings (SSSR count). The Morgan fingerprint density at radius 1 is 1.21 bits per heavy atom. The van der Waals surface area contributed by atoms with Crippen molar-refractivity contribution in [2.45, 2.75) is 12.5 Å². The highest BCUT2D eigenvalue weighted by atomic mass is 16.7. The van der Waals surface area contributed by atoms with Crippen LogP contribution < -0.4 is 10.1 Å². The highest BCUT2D eigenvalue weighted by molar-refractivity contribution is 6.01. The molecule has 1 N–H and O–H groups in total. The normalized spacial score (nSPS) is 16.0. The number of methoxy groups -OCH3 is 1. The lowest BCUT2D eigenvalue weighted by Gasteiger charge is -2.11. The van der Waals surface area contributed by atoms with Crippen LogP contribution in [-0.4, -0.2) is 31.6 Å². The number of amides is 1. The number of carbonyl (C=O) groups is 1. The third-order valence-electron chi connectivity index (χ3n) is 3.56. The summed E-state index contributed by atoms with van der Waals surface area (Å²) in [6, 6.07) is 17.0. The Morgan fingerprint density at radius 2 is 1.96 bits per heavy atom. The van der Waals surface area contributed by atoms with Crippen molar-refractivity contribution in [1.29, 1.82) is 0 Å². The molecule has 2 aromatic carbocycles. The second-order valence-electron chi connectivity index (χ2n) is 5.29. The summed E-state index contributed by atoms with van der Waals surface area (Å²) in [7, 11) is 1.32. The van der Waals surface area contributed by atoms with E-state index < -0.39 is 6.09 Å². The first-order valence-corrected chi connectivity index (χ1v) is 7.60. The minimum atomic E-state index is -0.506. The van der Waals surface area contributed by atoms with Gasteiger partial charge in [0.2, 0.25) is 0 Å². The topological polar surface area (TPSA) is 69.2 Å². The zero-order valence-corrected chi connectivity index (χ0v) is 13.3. The molecular formula is C18H18N2O4. The summed E-state index contributed by atoms with van der Waals surface area (Å²) in [4.78, 5) is 16.5. The maximum Gasteiger partial charge on any atom is 0.411 e. The number of nitrogens with zero attached hydrogens (tertiary/aromatic N) is 1. The first-order valence-electron chi connectivity index (χ1n) is 7.60. The van der Waals surface area contributed by atoms with E-state index in [1.165, 1.54) is 7.11 Å². The smallest absolute Gasteiger partial charge is 0.411 e. The standard InChI is InChI=1S/C18H18N2O4/c1-22-18(21)19-14-7-9-15(10-8-14)23-12-16-11-17(20-24-16)13-5-3-2-4-6-13/h2-10,16H,11-12H2,1H3,(H,19,21). The molecule has 1 atom stereocenters. The zero-order chi connectivity index (χ0) is 16.8. The molecular weight excluding hydrogens is 308 g/mol. The number of benzene rings is 2. The molecule has 1 aliphatic heterocycles. The lowest BCUT2D eigenvalue weighted by atomic mass is 10.1. The minimum Gasteiger partial charge on any atom is -0.490 e.